The summed E-state index contributed by atoms with van der Waals surface area (Å²) in [5.74, 6) is -0.923. The van der Waals surface area contributed by atoms with Gasteiger partial charge in [0, 0.05) is 19.3 Å². The Morgan fingerprint density at radius 1 is 0.273 bits per heavy atom. The van der Waals surface area contributed by atoms with Gasteiger partial charge < -0.3 is 14.2 Å². The van der Waals surface area contributed by atoms with Crippen LogP contribution in [0.2, 0.25) is 0 Å². The van der Waals surface area contributed by atoms with Gasteiger partial charge in [-0.3, -0.25) is 14.4 Å². The van der Waals surface area contributed by atoms with E-state index in [1.54, 1.807) is 0 Å². The lowest BCUT2D eigenvalue weighted by Crippen LogP contribution is -2.30. The fourth-order valence-corrected chi connectivity index (χ4v) is 8.21. The third-order valence-corrected chi connectivity index (χ3v) is 12.8. The van der Waals surface area contributed by atoms with E-state index in [-0.39, 0.29) is 31.1 Å². The van der Waals surface area contributed by atoms with E-state index in [9.17, 15) is 14.4 Å². The molecular weight excluding hydrogens is 949 g/mol. The van der Waals surface area contributed by atoms with E-state index in [4.69, 9.17) is 14.2 Å². The molecule has 0 aromatic heterocycles. The Bertz CT molecular complexity index is 1700. The fourth-order valence-electron chi connectivity index (χ4n) is 8.21. The van der Waals surface area contributed by atoms with Crippen LogP contribution in [-0.2, 0) is 28.6 Å². The second-order valence-electron chi connectivity index (χ2n) is 20.2. The number of allylic oxidation sites excluding steroid dienone is 24. The van der Waals surface area contributed by atoms with Crippen LogP contribution < -0.4 is 0 Å². The maximum absolute atomic E-state index is 12.8. The molecule has 0 N–H and O–H groups in total. The third kappa shape index (κ3) is 62.0. The molecule has 0 bridgehead atoms. The zero-order valence-electron chi connectivity index (χ0n) is 49.7. The lowest BCUT2D eigenvalue weighted by atomic mass is 10.1. The third-order valence-electron chi connectivity index (χ3n) is 12.8. The fraction of sp³-hybridized carbons (Fsp3) is 0.620. The summed E-state index contributed by atoms with van der Waals surface area (Å²) in [5, 5.41) is 0. The number of carbonyl (C=O) groups is 3. The second-order valence-corrected chi connectivity index (χ2v) is 20.2. The topological polar surface area (TPSA) is 78.9 Å². The first-order valence-electron chi connectivity index (χ1n) is 31.3. The molecule has 434 valence electrons. The Labute approximate surface area is 474 Å². The molecule has 0 aromatic rings. The molecule has 0 amide bonds. The molecule has 0 heterocycles. The van der Waals surface area contributed by atoms with Crippen molar-refractivity contribution in [3.05, 3.63) is 146 Å². The van der Waals surface area contributed by atoms with Crippen LogP contribution in [0.5, 0.6) is 0 Å². The first-order valence-corrected chi connectivity index (χ1v) is 31.3. The highest BCUT2D eigenvalue weighted by atomic mass is 16.6. The van der Waals surface area contributed by atoms with Gasteiger partial charge in [0.1, 0.15) is 13.2 Å². The SMILES string of the molecule is CC/C=C\C/C=C\C/C=C\C/C=C\C/C=C\C/C=C\C/C=C\CCCCCCCCCC(=O)OCC(COC(=O)CCCCCCC)OC(=O)CCCCCCCCCCC/C=C\C/C=C\C/C=C\C/C=C\C/C=C\CC. The molecular formula is C71H114O6. The highest BCUT2D eigenvalue weighted by molar-refractivity contribution is 5.71. The van der Waals surface area contributed by atoms with Crippen molar-refractivity contribution in [3.63, 3.8) is 0 Å². The highest BCUT2D eigenvalue weighted by Crippen LogP contribution is 2.15. The number of ether oxygens (including phenoxy) is 3. The number of esters is 3. The molecule has 0 aliphatic rings. The quantitative estimate of drug-likeness (QED) is 0.0261. The molecule has 0 aliphatic carbocycles. The molecule has 6 nitrogen and oxygen atoms in total. The summed E-state index contributed by atoms with van der Waals surface area (Å²) in [4.78, 5) is 37.9. The molecule has 0 aromatic carbocycles. The minimum atomic E-state index is -0.789. The van der Waals surface area contributed by atoms with Crippen molar-refractivity contribution >= 4 is 17.9 Å². The lowest BCUT2D eigenvalue weighted by molar-refractivity contribution is -0.167. The van der Waals surface area contributed by atoms with Crippen LogP contribution in [0.15, 0.2) is 146 Å². The zero-order valence-corrected chi connectivity index (χ0v) is 49.7. The summed E-state index contributed by atoms with van der Waals surface area (Å²) in [6, 6.07) is 0. The molecule has 1 unspecified atom stereocenters. The Hall–Kier alpha value is -4.71. The van der Waals surface area contributed by atoms with Crippen LogP contribution in [0.4, 0.5) is 0 Å². The van der Waals surface area contributed by atoms with E-state index in [2.05, 4.69) is 167 Å². The van der Waals surface area contributed by atoms with Crippen molar-refractivity contribution in [1.82, 2.24) is 0 Å². The summed E-state index contributed by atoms with van der Waals surface area (Å²) < 4.78 is 16.8. The lowest BCUT2D eigenvalue weighted by Gasteiger charge is -2.18. The zero-order chi connectivity index (χ0) is 55.7. The molecule has 0 saturated heterocycles. The van der Waals surface area contributed by atoms with Gasteiger partial charge in [-0.1, -0.05) is 269 Å². The van der Waals surface area contributed by atoms with Crippen LogP contribution in [0.25, 0.3) is 0 Å². The average molecular weight is 1060 g/mol. The first-order chi connectivity index (χ1) is 38.0. The Morgan fingerprint density at radius 2 is 0.506 bits per heavy atom. The largest absolute Gasteiger partial charge is 0.462 e. The van der Waals surface area contributed by atoms with Crippen LogP contribution in [0, 0.1) is 0 Å². The summed E-state index contributed by atoms with van der Waals surface area (Å²) >= 11 is 0. The monoisotopic (exact) mass is 1060 g/mol. The van der Waals surface area contributed by atoms with Gasteiger partial charge in [-0.05, 0) is 122 Å². The van der Waals surface area contributed by atoms with Crippen LogP contribution in [0.1, 0.15) is 265 Å². The predicted octanol–water partition coefficient (Wildman–Crippen LogP) is 21.5. The van der Waals surface area contributed by atoms with E-state index in [1.165, 1.54) is 64.2 Å². The highest BCUT2D eigenvalue weighted by Gasteiger charge is 2.19. The van der Waals surface area contributed by atoms with Gasteiger partial charge in [-0.2, -0.15) is 0 Å². The Kier molecular flexibility index (Phi) is 59.9. The van der Waals surface area contributed by atoms with E-state index >= 15 is 0 Å². The molecule has 1 atom stereocenters. The standard InChI is InChI=1S/C71H114O6/c1-4-7-10-13-15-17-19-21-23-25-27-29-31-33-34-35-36-38-39-41-43-45-47-49-51-53-55-58-61-64-70(73)76-67-68(66-75-69(72)63-60-57-12-9-6-3)77-71(74)65-62-59-56-54-52-50-48-46-44-42-40-37-32-30-28-26-24-22-20-18-16-14-11-8-5-2/h7-8,10-11,15-18,21-24,27-30,33-34,36-38,40-41,43,68H,4-6,9,12-14,19-20,25-26,31-32,35,39,42,44-67H2,1-3H3/b10-7-,11-8-,17-15-,18-16-,23-21-,24-22-,29-27-,30-28-,34-33-,38-36-,40-37-,43-41-. The molecule has 0 radical (unpaired) electrons. The van der Waals surface area contributed by atoms with E-state index in [1.807, 2.05) is 0 Å². The molecule has 0 fully saturated rings. The van der Waals surface area contributed by atoms with Crippen LogP contribution in [-0.4, -0.2) is 37.2 Å². The average Bonchev–Trinajstić information content (AvgIpc) is 3.43. The maximum Gasteiger partial charge on any atom is 0.306 e. The van der Waals surface area contributed by atoms with Crippen molar-refractivity contribution < 1.29 is 28.6 Å². The number of unbranched alkanes of at least 4 members (excludes halogenated alkanes) is 20. The van der Waals surface area contributed by atoms with E-state index in [0.29, 0.717) is 19.3 Å². The number of rotatable bonds is 55. The molecule has 0 rings (SSSR count). The number of hydrogen-bond donors (Lipinski definition) is 0. The summed E-state index contributed by atoms with van der Waals surface area (Å²) in [6.45, 7) is 6.31. The Balaban J connectivity index is 4.14. The van der Waals surface area contributed by atoms with E-state index in [0.717, 1.165) is 161 Å². The smallest absolute Gasteiger partial charge is 0.306 e. The van der Waals surface area contributed by atoms with Gasteiger partial charge in [-0.25, -0.2) is 0 Å². The van der Waals surface area contributed by atoms with Gasteiger partial charge >= 0.3 is 17.9 Å². The van der Waals surface area contributed by atoms with Gasteiger partial charge in [0.2, 0.25) is 0 Å². The van der Waals surface area contributed by atoms with Crippen molar-refractivity contribution in [2.75, 3.05) is 13.2 Å². The van der Waals surface area contributed by atoms with Gasteiger partial charge in [0.15, 0.2) is 6.10 Å². The normalized spacial score (nSPS) is 13.1. The van der Waals surface area contributed by atoms with Crippen LogP contribution in [0.3, 0.4) is 0 Å². The van der Waals surface area contributed by atoms with Crippen molar-refractivity contribution in [3.8, 4) is 0 Å². The van der Waals surface area contributed by atoms with Crippen LogP contribution >= 0.6 is 0 Å². The number of carbonyl (C=O) groups excluding carboxylic acids is 3. The molecule has 0 aliphatic heterocycles. The minimum Gasteiger partial charge on any atom is -0.462 e. The van der Waals surface area contributed by atoms with Crippen molar-refractivity contribution in [2.24, 2.45) is 0 Å². The van der Waals surface area contributed by atoms with E-state index < -0.39 is 6.10 Å². The van der Waals surface area contributed by atoms with Crippen molar-refractivity contribution in [2.45, 2.75) is 271 Å². The molecule has 0 spiro atoms. The molecule has 77 heavy (non-hydrogen) atoms. The maximum atomic E-state index is 12.8. The van der Waals surface area contributed by atoms with Gasteiger partial charge in [0.05, 0.1) is 0 Å². The van der Waals surface area contributed by atoms with Gasteiger partial charge in [0.25, 0.3) is 0 Å². The predicted molar refractivity (Wildman–Crippen MR) is 334 cm³/mol. The second kappa shape index (κ2) is 63.8. The first kappa shape index (κ1) is 72.3. The summed E-state index contributed by atoms with van der Waals surface area (Å²) in [5.41, 5.74) is 0. The Morgan fingerprint density at radius 3 is 0.792 bits per heavy atom. The van der Waals surface area contributed by atoms with Gasteiger partial charge in [-0.15, -0.1) is 0 Å². The molecule has 6 heteroatoms. The number of hydrogen-bond acceptors (Lipinski definition) is 6. The minimum absolute atomic E-state index is 0.0889. The summed E-state index contributed by atoms with van der Waals surface area (Å²) in [7, 11) is 0. The molecule has 0 saturated carbocycles. The summed E-state index contributed by atoms with van der Waals surface area (Å²) in [6.07, 6.45) is 91.8. The van der Waals surface area contributed by atoms with Crippen molar-refractivity contribution in [1.29, 1.82) is 0 Å².